The van der Waals surface area contributed by atoms with Crippen LogP contribution in [0.4, 0.5) is 13.2 Å². The molecule has 0 aliphatic carbocycles. The van der Waals surface area contributed by atoms with E-state index in [1.54, 1.807) is 12.1 Å². The summed E-state index contributed by atoms with van der Waals surface area (Å²) in [4.78, 5) is 0.0463. The topological polar surface area (TPSA) is 46.2 Å². The molecule has 124 valence electrons. The molecule has 0 saturated heterocycles. The molecule has 0 spiro atoms. The van der Waals surface area contributed by atoms with E-state index < -0.39 is 27.5 Å². The molecule has 0 atom stereocenters. The molecule has 3 nitrogen and oxygen atoms in total. The summed E-state index contributed by atoms with van der Waals surface area (Å²) in [7, 11) is -3.83. The monoisotopic (exact) mass is 343 g/mol. The standard InChI is InChI=1S/C16H16F3NO2S/c1-10(2)12-3-5-13(6-4-12)23(21,22)20-9-11-7-14(17)16(19)15(18)8-11/h3-8,10,20H,9H2,1-2H3. The van der Waals surface area contributed by atoms with E-state index in [-0.39, 0.29) is 22.9 Å². The van der Waals surface area contributed by atoms with Gasteiger partial charge >= 0.3 is 0 Å². The lowest BCUT2D eigenvalue weighted by Gasteiger charge is -2.09. The highest BCUT2D eigenvalue weighted by Gasteiger charge is 2.16. The van der Waals surface area contributed by atoms with Crippen LogP contribution in [0.1, 0.15) is 30.9 Å². The molecule has 0 saturated carbocycles. The summed E-state index contributed by atoms with van der Waals surface area (Å²) in [6.07, 6.45) is 0. The largest absolute Gasteiger partial charge is 0.240 e. The van der Waals surface area contributed by atoms with Crippen molar-refractivity contribution in [3.63, 3.8) is 0 Å². The lowest BCUT2D eigenvalue weighted by atomic mass is 10.0. The molecule has 2 aromatic carbocycles. The Morgan fingerprint density at radius 2 is 1.52 bits per heavy atom. The number of benzene rings is 2. The Morgan fingerprint density at radius 3 is 2.00 bits per heavy atom. The van der Waals surface area contributed by atoms with Crippen molar-refractivity contribution < 1.29 is 21.6 Å². The minimum absolute atomic E-state index is 0.0104. The number of rotatable bonds is 5. The van der Waals surface area contributed by atoms with Crippen LogP contribution in [-0.2, 0) is 16.6 Å². The van der Waals surface area contributed by atoms with Gasteiger partial charge in [0.25, 0.3) is 0 Å². The highest BCUT2D eigenvalue weighted by atomic mass is 32.2. The number of nitrogens with one attached hydrogen (secondary N) is 1. The van der Waals surface area contributed by atoms with Gasteiger partial charge in [0.15, 0.2) is 17.5 Å². The summed E-state index contributed by atoms with van der Waals surface area (Å²) < 4.78 is 65.6. The first-order chi connectivity index (χ1) is 10.7. The Hall–Kier alpha value is -1.86. The van der Waals surface area contributed by atoms with Gasteiger partial charge in [-0.05, 0) is 41.3 Å². The van der Waals surface area contributed by atoms with Crippen molar-refractivity contribution in [2.75, 3.05) is 0 Å². The average molecular weight is 343 g/mol. The molecule has 2 rings (SSSR count). The van der Waals surface area contributed by atoms with Crippen molar-refractivity contribution in [2.45, 2.75) is 31.2 Å². The van der Waals surface area contributed by atoms with E-state index in [2.05, 4.69) is 4.72 Å². The highest BCUT2D eigenvalue weighted by molar-refractivity contribution is 7.89. The predicted octanol–water partition coefficient (Wildman–Crippen LogP) is 3.71. The van der Waals surface area contributed by atoms with E-state index in [0.717, 1.165) is 17.7 Å². The van der Waals surface area contributed by atoms with E-state index in [4.69, 9.17) is 0 Å². The first-order valence-electron chi connectivity index (χ1n) is 6.94. The zero-order valence-corrected chi connectivity index (χ0v) is 13.4. The normalized spacial score (nSPS) is 11.9. The van der Waals surface area contributed by atoms with Crippen LogP contribution in [0.2, 0.25) is 0 Å². The number of halogens is 3. The van der Waals surface area contributed by atoms with Gasteiger partial charge in [-0.25, -0.2) is 26.3 Å². The summed E-state index contributed by atoms with van der Waals surface area (Å²) in [5.41, 5.74) is 0.982. The second-order valence-electron chi connectivity index (χ2n) is 5.42. The summed E-state index contributed by atoms with van der Waals surface area (Å²) in [5, 5.41) is 0. The molecule has 0 aliphatic rings. The van der Waals surface area contributed by atoms with E-state index in [0.29, 0.717) is 0 Å². The van der Waals surface area contributed by atoms with Crippen molar-refractivity contribution in [3.05, 3.63) is 65.0 Å². The van der Waals surface area contributed by atoms with Crippen molar-refractivity contribution in [3.8, 4) is 0 Å². The maximum absolute atomic E-state index is 13.1. The van der Waals surface area contributed by atoms with Crippen LogP contribution in [0.3, 0.4) is 0 Å². The minimum atomic E-state index is -3.83. The van der Waals surface area contributed by atoms with Gasteiger partial charge in [-0.3, -0.25) is 0 Å². The average Bonchev–Trinajstić information content (AvgIpc) is 2.50. The second kappa shape index (κ2) is 6.72. The van der Waals surface area contributed by atoms with Crippen LogP contribution in [0.5, 0.6) is 0 Å². The molecule has 0 aromatic heterocycles. The van der Waals surface area contributed by atoms with Crippen LogP contribution in [0, 0.1) is 17.5 Å². The summed E-state index contributed by atoms with van der Waals surface area (Å²) in [5.74, 6) is -4.04. The highest BCUT2D eigenvalue weighted by Crippen LogP contribution is 2.18. The fourth-order valence-electron chi connectivity index (χ4n) is 2.00. The number of hydrogen-bond acceptors (Lipinski definition) is 2. The van der Waals surface area contributed by atoms with Gasteiger partial charge in [0.05, 0.1) is 4.90 Å². The quantitative estimate of drug-likeness (QED) is 0.842. The Kier molecular flexibility index (Phi) is 5.11. The van der Waals surface area contributed by atoms with E-state index >= 15 is 0 Å². The van der Waals surface area contributed by atoms with Crippen LogP contribution < -0.4 is 4.72 Å². The Balaban J connectivity index is 2.15. The van der Waals surface area contributed by atoms with Gasteiger partial charge in [0, 0.05) is 6.54 Å². The second-order valence-corrected chi connectivity index (χ2v) is 7.19. The SMILES string of the molecule is CC(C)c1ccc(S(=O)(=O)NCc2cc(F)c(F)c(F)c2)cc1. The van der Waals surface area contributed by atoms with Gasteiger partial charge in [-0.1, -0.05) is 26.0 Å². The van der Waals surface area contributed by atoms with Gasteiger partial charge in [0.1, 0.15) is 0 Å². The predicted molar refractivity (Wildman–Crippen MR) is 80.9 cm³/mol. The molecule has 0 amide bonds. The Morgan fingerprint density at radius 1 is 1.00 bits per heavy atom. The number of sulfonamides is 1. The maximum atomic E-state index is 13.1. The summed E-state index contributed by atoms with van der Waals surface area (Å²) in [6, 6.07) is 7.84. The van der Waals surface area contributed by atoms with Crippen molar-refractivity contribution in [1.29, 1.82) is 0 Å². The molecule has 0 radical (unpaired) electrons. The van der Waals surface area contributed by atoms with Crippen molar-refractivity contribution in [2.24, 2.45) is 0 Å². The Bertz CT molecular complexity index is 780. The minimum Gasteiger partial charge on any atom is -0.207 e. The van der Waals surface area contributed by atoms with Crippen LogP contribution in [0.25, 0.3) is 0 Å². The first-order valence-corrected chi connectivity index (χ1v) is 8.42. The summed E-state index contributed by atoms with van der Waals surface area (Å²) in [6.45, 7) is 3.63. The lowest BCUT2D eigenvalue weighted by Crippen LogP contribution is -2.23. The van der Waals surface area contributed by atoms with Crippen LogP contribution in [-0.4, -0.2) is 8.42 Å². The van der Waals surface area contributed by atoms with Gasteiger partial charge < -0.3 is 0 Å². The summed E-state index contributed by atoms with van der Waals surface area (Å²) >= 11 is 0. The third kappa shape index (κ3) is 4.11. The molecule has 0 unspecified atom stereocenters. The molecule has 0 fully saturated rings. The van der Waals surface area contributed by atoms with Crippen LogP contribution in [0.15, 0.2) is 41.3 Å². The number of hydrogen-bond donors (Lipinski definition) is 1. The molecule has 7 heteroatoms. The van der Waals surface area contributed by atoms with Gasteiger partial charge in [-0.15, -0.1) is 0 Å². The molecule has 2 aromatic rings. The molecular formula is C16H16F3NO2S. The van der Waals surface area contributed by atoms with E-state index in [1.807, 2.05) is 13.8 Å². The third-order valence-corrected chi connectivity index (χ3v) is 4.78. The maximum Gasteiger partial charge on any atom is 0.240 e. The zero-order valence-electron chi connectivity index (χ0n) is 12.6. The third-order valence-electron chi connectivity index (χ3n) is 3.37. The van der Waals surface area contributed by atoms with Gasteiger partial charge in [-0.2, -0.15) is 0 Å². The molecule has 0 aliphatic heterocycles. The molecule has 0 heterocycles. The molecule has 1 N–H and O–H groups in total. The fraction of sp³-hybridized carbons (Fsp3) is 0.250. The molecule has 0 bridgehead atoms. The smallest absolute Gasteiger partial charge is 0.207 e. The van der Waals surface area contributed by atoms with Crippen molar-refractivity contribution >= 4 is 10.0 Å². The lowest BCUT2D eigenvalue weighted by molar-refractivity contribution is 0.445. The van der Waals surface area contributed by atoms with Gasteiger partial charge in [0.2, 0.25) is 10.0 Å². The zero-order chi connectivity index (χ0) is 17.2. The molecular weight excluding hydrogens is 327 g/mol. The van der Waals surface area contributed by atoms with Crippen LogP contribution >= 0.6 is 0 Å². The Labute approximate surface area is 133 Å². The molecule has 23 heavy (non-hydrogen) atoms. The fourth-order valence-corrected chi connectivity index (χ4v) is 3.02. The van der Waals surface area contributed by atoms with Crippen molar-refractivity contribution in [1.82, 2.24) is 4.72 Å². The first kappa shape index (κ1) is 17.5. The van der Waals surface area contributed by atoms with E-state index in [9.17, 15) is 21.6 Å². The van der Waals surface area contributed by atoms with E-state index in [1.165, 1.54) is 12.1 Å².